The van der Waals surface area contributed by atoms with Crippen molar-refractivity contribution < 1.29 is 14.3 Å². The monoisotopic (exact) mass is 175 g/mol. The minimum absolute atomic E-state index is 0.0475. The first kappa shape index (κ1) is 9.45. The molecule has 0 bridgehead atoms. The van der Waals surface area contributed by atoms with Crippen LogP contribution in [0, 0.1) is 5.92 Å². The molecule has 1 fully saturated rings. The van der Waals surface area contributed by atoms with E-state index in [1.807, 2.05) is 0 Å². The van der Waals surface area contributed by atoms with Crippen LogP contribution in [0.2, 0.25) is 0 Å². The molecule has 2 N–H and O–H groups in total. The number of piperidine rings is 1. The molecule has 0 aromatic carbocycles. The largest absolute Gasteiger partial charge is 0.390 e. The van der Waals surface area contributed by atoms with Crippen LogP contribution in [0.5, 0.6) is 0 Å². The van der Waals surface area contributed by atoms with Gasteiger partial charge in [-0.15, -0.1) is 0 Å². The van der Waals surface area contributed by atoms with E-state index < -0.39 is 12.8 Å². The van der Waals surface area contributed by atoms with Gasteiger partial charge in [0.2, 0.25) is 5.91 Å². The molecule has 12 heavy (non-hydrogen) atoms. The Balaban J connectivity index is 2.34. The van der Waals surface area contributed by atoms with Gasteiger partial charge in [-0.1, -0.05) is 0 Å². The molecule has 2 atom stereocenters. The van der Waals surface area contributed by atoms with Crippen LogP contribution in [0.15, 0.2) is 0 Å². The first-order valence-electron chi connectivity index (χ1n) is 4.25. The second kappa shape index (κ2) is 4.40. The smallest absolute Gasteiger partial charge is 0.223 e. The summed E-state index contributed by atoms with van der Waals surface area (Å²) in [7, 11) is 0. The lowest BCUT2D eigenvalue weighted by Gasteiger charge is -2.22. The van der Waals surface area contributed by atoms with Gasteiger partial charge in [-0.2, -0.15) is 0 Å². The molecule has 0 aliphatic carbocycles. The van der Waals surface area contributed by atoms with Gasteiger partial charge >= 0.3 is 0 Å². The Kier molecular flexibility index (Phi) is 3.47. The van der Waals surface area contributed by atoms with Crippen LogP contribution in [-0.2, 0) is 4.79 Å². The van der Waals surface area contributed by atoms with E-state index in [9.17, 15) is 9.18 Å². The van der Waals surface area contributed by atoms with E-state index in [1.54, 1.807) is 0 Å². The second-order valence-corrected chi connectivity index (χ2v) is 3.17. The Morgan fingerprint density at radius 1 is 1.75 bits per heavy atom. The summed E-state index contributed by atoms with van der Waals surface area (Å²) in [4.78, 5) is 11.1. The van der Waals surface area contributed by atoms with Gasteiger partial charge in [-0.3, -0.25) is 4.79 Å². The summed E-state index contributed by atoms with van der Waals surface area (Å²) < 4.78 is 11.9. The van der Waals surface area contributed by atoms with Gasteiger partial charge in [0.15, 0.2) is 0 Å². The molecule has 1 aliphatic rings. The fraction of sp³-hybridized carbons (Fsp3) is 0.875. The van der Waals surface area contributed by atoms with Gasteiger partial charge in [-0.05, 0) is 19.3 Å². The third-order valence-electron chi connectivity index (χ3n) is 2.13. The fourth-order valence-electron chi connectivity index (χ4n) is 1.45. The minimum Gasteiger partial charge on any atom is -0.390 e. The highest BCUT2D eigenvalue weighted by Crippen LogP contribution is 2.17. The predicted molar refractivity (Wildman–Crippen MR) is 42.3 cm³/mol. The van der Waals surface area contributed by atoms with Crippen molar-refractivity contribution in [1.82, 2.24) is 5.32 Å². The van der Waals surface area contributed by atoms with Crippen LogP contribution in [0.25, 0.3) is 0 Å². The number of rotatable bonds is 3. The molecule has 1 amide bonds. The molecule has 0 aromatic heterocycles. The number of halogens is 1. The summed E-state index contributed by atoms with van der Waals surface area (Å²) in [5.74, 6) is -0.238. The number of nitrogens with one attached hydrogen (secondary N) is 1. The molecule has 70 valence electrons. The molecule has 3 nitrogen and oxygen atoms in total. The molecule has 0 spiro atoms. The van der Waals surface area contributed by atoms with Gasteiger partial charge in [0, 0.05) is 12.5 Å². The van der Waals surface area contributed by atoms with Crippen molar-refractivity contribution in [3.05, 3.63) is 0 Å². The van der Waals surface area contributed by atoms with Crippen molar-refractivity contribution in [3.63, 3.8) is 0 Å². The number of aliphatic hydroxyl groups is 1. The molecule has 1 saturated heterocycles. The van der Waals surface area contributed by atoms with E-state index in [0.29, 0.717) is 6.54 Å². The zero-order valence-electron chi connectivity index (χ0n) is 6.92. The van der Waals surface area contributed by atoms with Gasteiger partial charge in [0.25, 0.3) is 0 Å². The number of hydrogen-bond acceptors (Lipinski definition) is 2. The number of hydrogen-bond donors (Lipinski definition) is 2. The zero-order valence-corrected chi connectivity index (χ0v) is 6.92. The standard InChI is InChI=1S/C8H14FNO2/c9-5-7(11)4-6-2-1-3-10-8(6)12/h6-7,11H,1-5H2,(H,10,12). The van der Waals surface area contributed by atoms with Crippen molar-refractivity contribution in [2.24, 2.45) is 5.92 Å². The number of carbonyl (C=O) groups excluding carboxylic acids is 1. The van der Waals surface area contributed by atoms with Crippen LogP contribution in [0.4, 0.5) is 4.39 Å². The SMILES string of the molecule is O=C1NCCCC1CC(O)CF. The van der Waals surface area contributed by atoms with Gasteiger partial charge in [-0.25, -0.2) is 4.39 Å². The number of aliphatic hydroxyl groups excluding tert-OH is 1. The number of carbonyl (C=O) groups is 1. The zero-order chi connectivity index (χ0) is 8.97. The van der Waals surface area contributed by atoms with Crippen LogP contribution in [0.3, 0.4) is 0 Å². The topological polar surface area (TPSA) is 49.3 Å². The molecule has 1 aliphatic heterocycles. The van der Waals surface area contributed by atoms with E-state index in [4.69, 9.17) is 5.11 Å². The number of amides is 1. The molecular weight excluding hydrogens is 161 g/mol. The maximum atomic E-state index is 11.9. The maximum absolute atomic E-state index is 11.9. The minimum atomic E-state index is -0.973. The quantitative estimate of drug-likeness (QED) is 0.645. The highest BCUT2D eigenvalue weighted by atomic mass is 19.1. The van der Waals surface area contributed by atoms with E-state index in [-0.39, 0.29) is 18.2 Å². The van der Waals surface area contributed by atoms with Gasteiger partial charge in [0.05, 0.1) is 6.10 Å². The molecule has 0 saturated carbocycles. The Labute approximate surface area is 71.0 Å². The summed E-state index contributed by atoms with van der Waals surface area (Å²) in [6.45, 7) is -0.0508. The van der Waals surface area contributed by atoms with E-state index in [0.717, 1.165) is 12.8 Å². The predicted octanol–water partition coefficient (Wildman–Crippen LogP) is 0.233. The normalized spacial score (nSPS) is 26.5. The van der Waals surface area contributed by atoms with Crippen molar-refractivity contribution in [3.8, 4) is 0 Å². The Morgan fingerprint density at radius 3 is 3.08 bits per heavy atom. The first-order chi connectivity index (χ1) is 5.74. The second-order valence-electron chi connectivity index (χ2n) is 3.17. The number of alkyl halides is 1. The van der Waals surface area contributed by atoms with E-state index >= 15 is 0 Å². The molecule has 4 heteroatoms. The van der Waals surface area contributed by atoms with Crippen LogP contribution < -0.4 is 5.32 Å². The first-order valence-corrected chi connectivity index (χ1v) is 4.25. The molecule has 0 aromatic rings. The molecular formula is C8H14FNO2. The van der Waals surface area contributed by atoms with E-state index in [2.05, 4.69) is 5.32 Å². The highest BCUT2D eigenvalue weighted by molar-refractivity contribution is 5.79. The summed E-state index contributed by atoms with van der Waals surface area (Å²) >= 11 is 0. The lowest BCUT2D eigenvalue weighted by atomic mass is 9.93. The summed E-state index contributed by atoms with van der Waals surface area (Å²) in [5.41, 5.74) is 0. The Bertz CT molecular complexity index is 163. The summed E-state index contributed by atoms with van der Waals surface area (Å²) in [5, 5.41) is 11.7. The average Bonchev–Trinajstić information content (AvgIpc) is 2.09. The molecule has 2 unspecified atom stereocenters. The molecule has 0 radical (unpaired) electrons. The van der Waals surface area contributed by atoms with Crippen molar-refractivity contribution in [2.75, 3.05) is 13.2 Å². The average molecular weight is 175 g/mol. The maximum Gasteiger partial charge on any atom is 0.223 e. The fourth-order valence-corrected chi connectivity index (χ4v) is 1.45. The third kappa shape index (κ3) is 2.44. The summed E-state index contributed by atoms with van der Waals surface area (Å²) in [6, 6.07) is 0. The van der Waals surface area contributed by atoms with Gasteiger partial charge in [0.1, 0.15) is 6.67 Å². The summed E-state index contributed by atoms with van der Waals surface area (Å²) in [6.07, 6.45) is 0.972. The lowest BCUT2D eigenvalue weighted by Crippen LogP contribution is -2.38. The highest BCUT2D eigenvalue weighted by Gasteiger charge is 2.24. The molecule has 1 rings (SSSR count). The van der Waals surface area contributed by atoms with Crippen molar-refractivity contribution in [2.45, 2.75) is 25.4 Å². The Morgan fingerprint density at radius 2 is 2.50 bits per heavy atom. The van der Waals surface area contributed by atoms with E-state index in [1.165, 1.54) is 0 Å². The van der Waals surface area contributed by atoms with Crippen LogP contribution in [0.1, 0.15) is 19.3 Å². The van der Waals surface area contributed by atoms with Crippen molar-refractivity contribution >= 4 is 5.91 Å². The van der Waals surface area contributed by atoms with Crippen LogP contribution in [-0.4, -0.2) is 30.3 Å². The van der Waals surface area contributed by atoms with Crippen molar-refractivity contribution in [1.29, 1.82) is 0 Å². The van der Waals surface area contributed by atoms with Gasteiger partial charge < -0.3 is 10.4 Å². The third-order valence-corrected chi connectivity index (χ3v) is 2.13. The Hall–Kier alpha value is -0.640. The lowest BCUT2D eigenvalue weighted by molar-refractivity contribution is -0.127. The van der Waals surface area contributed by atoms with Crippen LogP contribution >= 0.6 is 0 Å². The molecule has 1 heterocycles.